The minimum absolute atomic E-state index is 0.120. The lowest BCUT2D eigenvalue weighted by Crippen LogP contribution is -2.50. The summed E-state index contributed by atoms with van der Waals surface area (Å²) in [6.45, 7) is 8.45. The van der Waals surface area contributed by atoms with Crippen LogP contribution in [-0.2, 0) is 11.2 Å². The summed E-state index contributed by atoms with van der Waals surface area (Å²) >= 11 is 0. The van der Waals surface area contributed by atoms with E-state index in [1.54, 1.807) is 0 Å². The van der Waals surface area contributed by atoms with Crippen LogP contribution in [0.25, 0.3) is 0 Å². The Hall–Kier alpha value is -2.67. The van der Waals surface area contributed by atoms with Gasteiger partial charge in [-0.15, -0.1) is 0 Å². The Morgan fingerprint density at radius 1 is 1.07 bits per heavy atom. The van der Waals surface area contributed by atoms with Crippen LogP contribution in [0.1, 0.15) is 17.0 Å². The molecule has 1 aromatic carbocycles. The molecule has 1 aliphatic rings. The Morgan fingerprint density at radius 2 is 1.70 bits per heavy atom. The van der Waals surface area contributed by atoms with Crippen molar-refractivity contribution in [3.63, 3.8) is 0 Å². The van der Waals surface area contributed by atoms with E-state index in [4.69, 9.17) is 10.5 Å². The lowest BCUT2D eigenvalue weighted by atomic mass is 10.1. The number of amides is 1. The third-order valence-electron chi connectivity index (χ3n) is 4.91. The van der Waals surface area contributed by atoms with Crippen molar-refractivity contribution in [2.45, 2.75) is 20.3 Å². The highest BCUT2D eigenvalue weighted by Gasteiger charge is 2.22. The number of hydrogen-bond donors (Lipinski definition) is 1. The molecule has 1 fully saturated rings. The van der Waals surface area contributed by atoms with Crippen LogP contribution in [0, 0.1) is 13.8 Å². The van der Waals surface area contributed by atoms with Gasteiger partial charge < -0.3 is 15.4 Å². The number of para-hydroxylation sites is 1. The molecule has 1 amide bonds. The van der Waals surface area contributed by atoms with Crippen molar-refractivity contribution in [2.75, 3.05) is 45.1 Å². The highest BCUT2D eigenvalue weighted by molar-refractivity contribution is 5.79. The van der Waals surface area contributed by atoms with Crippen LogP contribution < -0.4 is 10.5 Å². The number of piperazine rings is 1. The van der Waals surface area contributed by atoms with Crippen LogP contribution in [0.5, 0.6) is 5.75 Å². The van der Waals surface area contributed by atoms with Gasteiger partial charge in [-0.05, 0) is 26.0 Å². The molecule has 0 aliphatic carbocycles. The first-order chi connectivity index (χ1) is 13.0. The topological polar surface area (TPSA) is 84.6 Å². The number of hydrogen-bond acceptors (Lipinski definition) is 6. The zero-order valence-electron chi connectivity index (χ0n) is 16.0. The second-order valence-corrected chi connectivity index (χ2v) is 6.79. The summed E-state index contributed by atoms with van der Waals surface area (Å²) in [6, 6.07) is 9.83. The van der Waals surface area contributed by atoms with Crippen LogP contribution >= 0.6 is 0 Å². The third kappa shape index (κ3) is 5.17. The number of carbonyl (C=O) groups excluding carboxylic acids is 1. The fraction of sp³-hybridized carbons (Fsp3) is 0.450. The van der Waals surface area contributed by atoms with Crippen molar-refractivity contribution < 1.29 is 9.53 Å². The van der Waals surface area contributed by atoms with E-state index < -0.39 is 0 Å². The summed E-state index contributed by atoms with van der Waals surface area (Å²) < 4.78 is 5.75. The zero-order chi connectivity index (χ0) is 19.2. The second kappa shape index (κ2) is 8.81. The molecule has 2 heterocycles. The minimum atomic E-state index is 0.120. The van der Waals surface area contributed by atoms with Gasteiger partial charge in [-0.1, -0.05) is 18.2 Å². The highest BCUT2D eigenvalue weighted by atomic mass is 16.5. The van der Waals surface area contributed by atoms with Crippen molar-refractivity contribution in [1.82, 2.24) is 19.8 Å². The Morgan fingerprint density at radius 3 is 2.33 bits per heavy atom. The van der Waals surface area contributed by atoms with E-state index in [-0.39, 0.29) is 11.9 Å². The molecule has 7 nitrogen and oxygen atoms in total. The first-order valence-corrected chi connectivity index (χ1v) is 9.30. The Bertz CT molecular complexity index is 750. The van der Waals surface area contributed by atoms with Crippen LogP contribution in [0.15, 0.2) is 30.3 Å². The van der Waals surface area contributed by atoms with Gasteiger partial charge in [0.05, 0.1) is 6.42 Å². The van der Waals surface area contributed by atoms with Gasteiger partial charge in [0.1, 0.15) is 12.4 Å². The van der Waals surface area contributed by atoms with Gasteiger partial charge in [-0.25, -0.2) is 9.97 Å². The third-order valence-corrected chi connectivity index (χ3v) is 4.91. The molecule has 2 N–H and O–H groups in total. The summed E-state index contributed by atoms with van der Waals surface area (Å²) in [5.41, 5.74) is 8.11. The molecule has 2 aromatic rings. The molecular formula is C20H27N5O2. The minimum Gasteiger partial charge on any atom is -0.492 e. The molecule has 0 atom stereocenters. The first-order valence-electron chi connectivity index (χ1n) is 9.30. The number of anilines is 1. The number of nitrogen functional groups attached to an aromatic ring is 1. The molecule has 144 valence electrons. The van der Waals surface area contributed by atoms with Gasteiger partial charge in [-0.3, -0.25) is 9.69 Å². The van der Waals surface area contributed by atoms with E-state index >= 15 is 0 Å². The molecule has 0 unspecified atom stereocenters. The Balaban J connectivity index is 1.44. The normalized spacial score (nSPS) is 15.0. The van der Waals surface area contributed by atoms with E-state index in [2.05, 4.69) is 14.9 Å². The largest absolute Gasteiger partial charge is 0.492 e. The summed E-state index contributed by atoms with van der Waals surface area (Å²) in [6.07, 6.45) is 0.328. The molecule has 1 aliphatic heterocycles. The Kier molecular flexibility index (Phi) is 6.24. The lowest BCUT2D eigenvalue weighted by Gasteiger charge is -2.34. The number of rotatable bonds is 6. The molecule has 27 heavy (non-hydrogen) atoms. The molecule has 0 saturated carbocycles. The van der Waals surface area contributed by atoms with Gasteiger partial charge >= 0.3 is 0 Å². The summed E-state index contributed by atoms with van der Waals surface area (Å²) in [7, 11) is 0. The highest BCUT2D eigenvalue weighted by Crippen LogP contribution is 2.14. The molecular weight excluding hydrogens is 342 g/mol. The number of carbonyl (C=O) groups is 1. The maximum atomic E-state index is 12.7. The van der Waals surface area contributed by atoms with Gasteiger partial charge in [0.25, 0.3) is 0 Å². The SMILES string of the molecule is Cc1nc(N)nc(C)c1CC(=O)N1CCN(CCOc2ccccc2)CC1. The van der Waals surface area contributed by atoms with Crippen molar-refractivity contribution in [1.29, 1.82) is 0 Å². The maximum Gasteiger partial charge on any atom is 0.227 e. The van der Waals surface area contributed by atoms with Gasteiger partial charge in [0, 0.05) is 49.7 Å². The van der Waals surface area contributed by atoms with E-state index in [1.165, 1.54) is 0 Å². The van der Waals surface area contributed by atoms with Gasteiger partial charge in [0.2, 0.25) is 11.9 Å². The maximum absolute atomic E-state index is 12.7. The van der Waals surface area contributed by atoms with Crippen molar-refractivity contribution in [3.8, 4) is 5.75 Å². The van der Waals surface area contributed by atoms with Gasteiger partial charge in [-0.2, -0.15) is 0 Å². The van der Waals surface area contributed by atoms with Crippen molar-refractivity contribution >= 4 is 11.9 Å². The van der Waals surface area contributed by atoms with E-state index in [0.29, 0.717) is 13.0 Å². The van der Waals surface area contributed by atoms with Crippen molar-refractivity contribution in [2.24, 2.45) is 0 Å². The summed E-state index contributed by atoms with van der Waals surface area (Å²) in [4.78, 5) is 25.3. The predicted molar refractivity (Wildman–Crippen MR) is 105 cm³/mol. The number of aryl methyl sites for hydroxylation is 2. The average molecular weight is 369 g/mol. The number of nitrogens with two attached hydrogens (primary N) is 1. The average Bonchev–Trinajstić information content (AvgIpc) is 2.66. The number of nitrogens with zero attached hydrogens (tertiary/aromatic N) is 4. The quantitative estimate of drug-likeness (QED) is 0.829. The lowest BCUT2D eigenvalue weighted by molar-refractivity contribution is -0.132. The van der Waals surface area contributed by atoms with Crippen molar-refractivity contribution in [3.05, 3.63) is 47.3 Å². The van der Waals surface area contributed by atoms with Crippen LogP contribution in [-0.4, -0.2) is 65.0 Å². The Labute approximate surface area is 160 Å². The predicted octanol–water partition coefficient (Wildman–Crippen LogP) is 1.44. The molecule has 0 spiro atoms. The monoisotopic (exact) mass is 369 g/mol. The number of ether oxygens (including phenoxy) is 1. The van der Waals surface area contributed by atoms with E-state index in [0.717, 1.165) is 55.4 Å². The molecule has 1 aromatic heterocycles. The standard InChI is InChI=1S/C20H27N5O2/c1-15-18(16(2)23-20(21)22-15)14-19(26)25-10-8-24(9-11-25)12-13-27-17-6-4-3-5-7-17/h3-7H,8-14H2,1-2H3,(H2,21,22,23). The fourth-order valence-electron chi connectivity index (χ4n) is 3.31. The van der Waals surface area contributed by atoms with E-state index in [9.17, 15) is 4.79 Å². The molecule has 7 heteroatoms. The van der Waals surface area contributed by atoms with Crippen LogP contribution in [0.4, 0.5) is 5.95 Å². The smallest absolute Gasteiger partial charge is 0.227 e. The van der Waals surface area contributed by atoms with Crippen LogP contribution in [0.2, 0.25) is 0 Å². The van der Waals surface area contributed by atoms with Crippen LogP contribution in [0.3, 0.4) is 0 Å². The molecule has 3 rings (SSSR count). The molecule has 0 radical (unpaired) electrons. The summed E-state index contributed by atoms with van der Waals surface area (Å²) in [5.74, 6) is 1.27. The zero-order valence-corrected chi connectivity index (χ0v) is 16.0. The fourth-order valence-corrected chi connectivity index (χ4v) is 3.31. The number of aromatic nitrogens is 2. The first kappa shape index (κ1) is 19.1. The molecule has 1 saturated heterocycles. The second-order valence-electron chi connectivity index (χ2n) is 6.79. The molecule has 0 bridgehead atoms. The van der Waals surface area contributed by atoms with Gasteiger partial charge in [0.15, 0.2) is 0 Å². The van der Waals surface area contributed by atoms with E-state index in [1.807, 2.05) is 49.1 Å². The summed E-state index contributed by atoms with van der Waals surface area (Å²) in [5, 5.41) is 0. The number of benzene rings is 1.